The van der Waals surface area contributed by atoms with Gasteiger partial charge in [-0.3, -0.25) is 9.48 Å². The number of carbonyl (C=O) groups is 1. The van der Waals surface area contributed by atoms with Gasteiger partial charge in [-0.25, -0.2) is 9.97 Å². The zero-order valence-corrected chi connectivity index (χ0v) is 14.5. The van der Waals surface area contributed by atoms with Crippen LogP contribution in [0.4, 0.5) is 29.0 Å². The first-order valence-corrected chi connectivity index (χ1v) is 7.86. The summed E-state index contributed by atoms with van der Waals surface area (Å²) in [5.74, 6) is 0.860. The second kappa shape index (κ2) is 7.62. The summed E-state index contributed by atoms with van der Waals surface area (Å²) in [5, 5.41) is 13.1. The number of hydrogen-bond acceptors (Lipinski definition) is 7. The number of aromatic nitrogens is 5. The summed E-state index contributed by atoms with van der Waals surface area (Å²) >= 11 is 6.16. The average molecular weight is 371 g/mol. The third kappa shape index (κ3) is 4.33. The monoisotopic (exact) mass is 370 g/mol. The van der Waals surface area contributed by atoms with Crippen LogP contribution in [0.5, 0.6) is 0 Å². The predicted molar refractivity (Wildman–Crippen MR) is 99.9 cm³/mol. The molecule has 3 rings (SSSR count). The molecule has 0 aliphatic heterocycles. The Kier molecular flexibility index (Phi) is 5.09. The minimum absolute atomic E-state index is 0.315. The molecule has 0 aliphatic rings. The Balaban J connectivity index is 1.78. The first-order valence-electron chi connectivity index (χ1n) is 7.48. The molecule has 0 aromatic carbocycles. The first-order chi connectivity index (χ1) is 12.5. The summed E-state index contributed by atoms with van der Waals surface area (Å²) in [6.45, 7) is 3.41. The molecule has 0 fully saturated rings. The van der Waals surface area contributed by atoms with E-state index in [9.17, 15) is 4.79 Å². The van der Waals surface area contributed by atoms with Crippen molar-refractivity contribution in [1.82, 2.24) is 24.7 Å². The van der Waals surface area contributed by atoms with Crippen LogP contribution in [0, 0.1) is 0 Å². The van der Waals surface area contributed by atoms with Gasteiger partial charge in [-0.2, -0.15) is 10.1 Å². The predicted octanol–water partition coefficient (Wildman–Crippen LogP) is 2.87. The standard InChI is InChI=1S/C16H15ClN8O/c1-3-14(26)21-10-4-5-18-13(6-10)23-15-12(17)8-19-16(24-15)22-11-7-20-25(2)9-11/h3-9H,1H2,2H3,(H3,18,19,21,22,23,24,26). The third-order valence-electron chi connectivity index (χ3n) is 3.16. The fourth-order valence-electron chi connectivity index (χ4n) is 2.02. The van der Waals surface area contributed by atoms with Crippen molar-refractivity contribution in [2.24, 2.45) is 7.05 Å². The maximum atomic E-state index is 11.4. The molecule has 132 valence electrons. The largest absolute Gasteiger partial charge is 0.323 e. The number of halogens is 1. The molecule has 0 radical (unpaired) electrons. The van der Waals surface area contributed by atoms with Crippen LogP contribution in [0.25, 0.3) is 0 Å². The number of pyridine rings is 1. The zero-order chi connectivity index (χ0) is 18.5. The van der Waals surface area contributed by atoms with Crippen molar-refractivity contribution in [2.45, 2.75) is 0 Å². The Morgan fingerprint density at radius 3 is 2.85 bits per heavy atom. The Morgan fingerprint density at radius 2 is 2.12 bits per heavy atom. The van der Waals surface area contributed by atoms with Crippen molar-refractivity contribution in [3.05, 3.63) is 54.6 Å². The number of nitrogens with zero attached hydrogens (tertiary/aromatic N) is 5. The lowest BCUT2D eigenvalue weighted by Crippen LogP contribution is -2.08. The van der Waals surface area contributed by atoms with Crippen molar-refractivity contribution >= 4 is 46.5 Å². The maximum absolute atomic E-state index is 11.4. The number of nitrogens with one attached hydrogen (secondary N) is 3. The van der Waals surface area contributed by atoms with E-state index in [1.165, 1.54) is 12.3 Å². The highest BCUT2D eigenvalue weighted by Gasteiger charge is 2.08. The van der Waals surface area contributed by atoms with Crippen LogP contribution in [-0.4, -0.2) is 30.6 Å². The lowest BCUT2D eigenvalue weighted by Gasteiger charge is -2.10. The van der Waals surface area contributed by atoms with Crippen LogP contribution in [0.15, 0.2) is 49.6 Å². The maximum Gasteiger partial charge on any atom is 0.247 e. The van der Waals surface area contributed by atoms with Gasteiger partial charge in [-0.05, 0) is 12.1 Å². The number of carbonyl (C=O) groups excluding carboxylic acids is 1. The van der Waals surface area contributed by atoms with E-state index in [-0.39, 0.29) is 5.91 Å². The molecule has 0 saturated heterocycles. The minimum atomic E-state index is -0.315. The fraction of sp³-hybridized carbons (Fsp3) is 0.0625. The quantitative estimate of drug-likeness (QED) is 0.572. The average Bonchev–Trinajstić information content (AvgIpc) is 3.03. The van der Waals surface area contributed by atoms with Crippen LogP contribution >= 0.6 is 11.6 Å². The van der Waals surface area contributed by atoms with Gasteiger partial charge in [0.15, 0.2) is 5.82 Å². The number of anilines is 5. The van der Waals surface area contributed by atoms with Gasteiger partial charge in [0.25, 0.3) is 0 Å². The van der Waals surface area contributed by atoms with Gasteiger partial charge in [-0.15, -0.1) is 0 Å². The number of amides is 1. The Morgan fingerprint density at radius 1 is 1.27 bits per heavy atom. The van der Waals surface area contributed by atoms with Crippen molar-refractivity contribution < 1.29 is 4.79 Å². The van der Waals surface area contributed by atoms with Crippen LogP contribution in [0.3, 0.4) is 0 Å². The minimum Gasteiger partial charge on any atom is -0.323 e. The van der Waals surface area contributed by atoms with Crippen LogP contribution < -0.4 is 16.0 Å². The molecular formula is C16H15ClN8O. The van der Waals surface area contributed by atoms with Crippen molar-refractivity contribution in [1.29, 1.82) is 0 Å². The summed E-state index contributed by atoms with van der Waals surface area (Å²) in [5.41, 5.74) is 1.30. The highest BCUT2D eigenvalue weighted by Crippen LogP contribution is 2.25. The van der Waals surface area contributed by atoms with E-state index in [1.807, 2.05) is 7.05 Å². The molecule has 3 N–H and O–H groups in total. The van der Waals surface area contributed by atoms with E-state index in [4.69, 9.17) is 11.6 Å². The zero-order valence-electron chi connectivity index (χ0n) is 13.8. The third-order valence-corrected chi connectivity index (χ3v) is 3.44. The molecule has 0 bridgehead atoms. The van der Waals surface area contributed by atoms with Crippen molar-refractivity contribution in [3.63, 3.8) is 0 Å². The van der Waals surface area contributed by atoms with Gasteiger partial charge in [0, 0.05) is 31.2 Å². The fourth-order valence-corrected chi connectivity index (χ4v) is 2.16. The Bertz CT molecular complexity index is 955. The van der Waals surface area contributed by atoms with Gasteiger partial charge in [-0.1, -0.05) is 18.2 Å². The molecule has 26 heavy (non-hydrogen) atoms. The lowest BCUT2D eigenvalue weighted by molar-refractivity contribution is -0.111. The second-order valence-corrected chi connectivity index (χ2v) is 5.57. The van der Waals surface area contributed by atoms with E-state index >= 15 is 0 Å². The van der Waals surface area contributed by atoms with Crippen LogP contribution in [-0.2, 0) is 11.8 Å². The van der Waals surface area contributed by atoms with Gasteiger partial charge in [0.05, 0.1) is 18.1 Å². The highest BCUT2D eigenvalue weighted by molar-refractivity contribution is 6.32. The van der Waals surface area contributed by atoms with Gasteiger partial charge in [0.1, 0.15) is 10.8 Å². The molecule has 0 aliphatic carbocycles. The summed E-state index contributed by atoms with van der Waals surface area (Å²) in [4.78, 5) is 24.0. The van der Waals surface area contributed by atoms with Gasteiger partial charge in [0.2, 0.25) is 11.9 Å². The number of hydrogen-bond donors (Lipinski definition) is 3. The van der Waals surface area contributed by atoms with Crippen LogP contribution in [0.2, 0.25) is 5.02 Å². The summed E-state index contributed by atoms with van der Waals surface area (Å²) < 4.78 is 1.66. The molecule has 3 aromatic heterocycles. The van der Waals surface area contributed by atoms with E-state index in [2.05, 4.69) is 42.6 Å². The van der Waals surface area contributed by atoms with E-state index < -0.39 is 0 Å². The number of rotatable bonds is 6. The Hall–Kier alpha value is -3.46. The lowest BCUT2D eigenvalue weighted by atomic mass is 10.3. The molecule has 0 saturated carbocycles. The molecule has 3 aromatic rings. The molecule has 10 heteroatoms. The molecular weight excluding hydrogens is 356 g/mol. The Labute approximate surface area is 154 Å². The summed E-state index contributed by atoms with van der Waals surface area (Å²) in [7, 11) is 1.81. The van der Waals surface area contributed by atoms with Crippen molar-refractivity contribution in [2.75, 3.05) is 16.0 Å². The SMILES string of the molecule is C=CC(=O)Nc1ccnc(Nc2nc(Nc3cnn(C)c3)ncc2Cl)c1. The normalized spacial score (nSPS) is 10.2. The molecule has 1 amide bonds. The second-order valence-electron chi connectivity index (χ2n) is 5.17. The van der Waals surface area contributed by atoms with Gasteiger partial charge >= 0.3 is 0 Å². The molecule has 3 heterocycles. The van der Waals surface area contributed by atoms with E-state index in [1.54, 1.807) is 35.4 Å². The summed E-state index contributed by atoms with van der Waals surface area (Å²) in [6, 6.07) is 3.30. The van der Waals surface area contributed by atoms with E-state index in [0.717, 1.165) is 5.69 Å². The molecule has 0 atom stereocenters. The highest BCUT2D eigenvalue weighted by atomic mass is 35.5. The molecule has 0 unspecified atom stereocenters. The first kappa shape index (κ1) is 17.4. The smallest absolute Gasteiger partial charge is 0.247 e. The van der Waals surface area contributed by atoms with E-state index in [0.29, 0.717) is 28.3 Å². The molecule has 0 spiro atoms. The number of aryl methyl sites for hydroxylation is 1. The summed E-state index contributed by atoms with van der Waals surface area (Å²) in [6.07, 6.45) is 7.64. The van der Waals surface area contributed by atoms with Crippen LogP contribution in [0.1, 0.15) is 0 Å². The van der Waals surface area contributed by atoms with Gasteiger partial charge < -0.3 is 16.0 Å². The topological polar surface area (TPSA) is 110 Å². The van der Waals surface area contributed by atoms with Crippen molar-refractivity contribution in [3.8, 4) is 0 Å². The molecule has 9 nitrogen and oxygen atoms in total.